The fraction of sp³-hybridized carbons (Fsp3) is 0.923. The van der Waals surface area contributed by atoms with Gasteiger partial charge >= 0.3 is 0 Å². The first kappa shape index (κ1) is 11.9. The number of nitrogens with zero attached hydrogens (tertiary/aromatic N) is 1. The van der Waals surface area contributed by atoms with Crippen LogP contribution < -0.4 is 5.32 Å². The first-order valence-corrected chi connectivity index (χ1v) is 6.81. The van der Waals surface area contributed by atoms with Crippen LogP contribution in [0.3, 0.4) is 0 Å². The van der Waals surface area contributed by atoms with Crippen molar-refractivity contribution < 1.29 is 4.79 Å². The van der Waals surface area contributed by atoms with Crippen molar-refractivity contribution in [2.24, 2.45) is 5.92 Å². The van der Waals surface area contributed by atoms with Crippen LogP contribution in [0.5, 0.6) is 0 Å². The summed E-state index contributed by atoms with van der Waals surface area (Å²) < 4.78 is 0. The SMILES string of the molecule is CCCC1CC1N1C(=O)C(CC)NC1CC. The van der Waals surface area contributed by atoms with Gasteiger partial charge in [0.2, 0.25) is 5.91 Å². The van der Waals surface area contributed by atoms with Gasteiger partial charge in [0.1, 0.15) is 0 Å². The van der Waals surface area contributed by atoms with Crippen LogP contribution in [0.25, 0.3) is 0 Å². The summed E-state index contributed by atoms with van der Waals surface area (Å²) in [5.41, 5.74) is 0. The van der Waals surface area contributed by atoms with Crippen LogP contribution in [-0.4, -0.2) is 29.1 Å². The van der Waals surface area contributed by atoms with Gasteiger partial charge in [0.15, 0.2) is 0 Å². The first-order valence-electron chi connectivity index (χ1n) is 6.81. The molecule has 2 fully saturated rings. The van der Waals surface area contributed by atoms with E-state index in [-0.39, 0.29) is 6.04 Å². The second kappa shape index (κ2) is 4.74. The fourth-order valence-electron chi connectivity index (χ4n) is 2.97. The molecule has 92 valence electrons. The Morgan fingerprint density at radius 3 is 2.62 bits per heavy atom. The van der Waals surface area contributed by atoms with Crippen LogP contribution in [0, 0.1) is 5.92 Å². The van der Waals surface area contributed by atoms with Gasteiger partial charge < -0.3 is 4.90 Å². The lowest BCUT2D eigenvalue weighted by Crippen LogP contribution is -2.39. The Morgan fingerprint density at radius 1 is 1.31 bits per heavy atom. The van der Waals surface area contributed by atoms with E-state index in [4.69, 9.17) is 0 Å². The van der Waals surface area contributed by atoms with Crippen molar-refractivity contribution in [1.82, 2.24) is 10.2 Å². The third kappa shape index (κ3) is 1.97. The molecule has 0 radical (unpaired) electrons. The molecule has 1 N–H and O–H groups in total. The topological polar surface area (TPSA) is 32.3 Å². The van der Waals surface area contributed by atoms with Crippen molar-refractivity contribution in [2.75, 3.05) is 0 Å². The maximum atomic E-state index is 12.2. The van der Waals surface area contributed by atoms with E-state index in [0.717, 1.165) is 18.8 Å². The number of hydrogen-bond donors (Lipinski definition) is 1. The van der Waals surface area contributed by atoms with E-state index in [1.807, 2.05) is 0 Å². The molecule has 1 aliphatic heterocycles. The first-order chi connectivity index (χ1) is 7.72. The van der Waals surface area contributed by atoms with Crippen molar-refractivity contribution in [3.05, 3.63) is 0 Å². The quantitative estimate of drug-likeness (QED) is 0.776. The summed E-state index contributed by atoms with van der Waals surface area (Å²) in [5.74, 6) is 1.12. The summed E-state index contributed by atoms with van der Waals surface area (Å²) in [6.45, 7) is 6.47. The van der Waals surface area contributed by atoms with Crippen molar-refractivity contribution in [3.63, 3.8) is 0 Å². The van der Waals surface area contributed by atoms with Crippen LogP contribution in [-0.2, 0) is 4.79 Å². The minimum atomic E-state index is 0.0767. The molecule has 2 aliphatic rings. The van der Waals surface area contributed by atoms with Crippen LogP contribution in [0.1, 0.15) is 52.9 Å². The number of rotatable bonds is 5. The summed E-state index contributed by atoms with van der Waals surface area (Å²) in [6, 6.07) is 0.620. The largest absolute Gasteiger partial charge is 0.323 e. The van der Waals surface area contributed by atoms with Crippen LogP contribution >= 0.6 is 0 Å². The number of carbonyl (C=O) groups excluding carboxylic acids is 1. The molecule has 0 bridgehead atoms. The van der Waals surface area contributed by atoms with Gasteiger partial charge in [-0.1, -0.05) is 27.2 Å². The molecule has 0 aromatic heterocycles. The highest BCUT2D eigenvalue weighted by atomic mass is 16.2. The van der Waals surface area contributed by atoms with Gasteiger partial charge in [0.25, 0.3) is 0 Å². The Hall–Kier alpha value is -0.570. The summed E-state index contributed by atoms with van der Waals surface area (Å²) in [4.78, 5) is 14.3. The zero-order valence-corrected chi connectivity index (χ0v) is 10.7. The van der Waals surface area contributed by atoms with Gasteiger partial charge in [-0.25, -0.2) is 0 Å². The third-order valence-corrected chi connectivity index (χ3v) is 3.98. The molecule has 2 rings (SSSR count). The molecular weight excluding hydrogens is 200 g/mol. The molecule has 1 saturated carbocycles. The average molecular weight is 224 g/mol. The van der Waals surface area contributed by atoms with E-state index in [2.05, 4.69) is 31.0 Å². The Morgan fingerprint density at radius 2 is 2.06 bits per heavy atom. The minimum Gasteiger partial charge on any atom is -0.323 e. The lowest BCUT2D eigenvalue weighted by molar-refractivity contribution is -0.130. The molecule has 0 aromatic carbocycles. The Labute approximate surface area is 98.6 Å². The molecular formula is C13H24N2O. The number of hydrogen-bond acceptors (Lipinski definition) is 2. The van der Waals surface area contributed by atoms with E-state index < -0.39 is 0 Å². The molecule has 0 aromatic rings. The molecule has 1 saturated heterocycles. The maximum Gasteiger partial charge on any atom is 0.241 e. The number of nitrogens with one attached hydrogen (secondary N) is 1. The molecule has 1 heterocycles. The fourth-order valence-corrected chi connectivity index (χ4v) is 2.97. The van der Waals surface area contributed by atoms with Gasteiger partial charge in [0.05, 0.1) is 12.2 Å². The molecule has 4 atom stereocenters. The third-order valence-electron chi connectivity index (χ3n) is 3.98. The van der Waals surface area contributed by atoms with E-state index in [1.54, 1.807) is 0 Å². The molecule has 4 unspecified atom stereocenters. The molecule has 3 heteroatoms. The monoisotopic (exact) mass is 224 g/mol. The van der Waals surface area contributed by atoms with Gasteiger partial charge in [-0.05, 0) is 31.6 Å². The van der Waals surface area contributed by atoms with Crippen molar-refractivity contribution in [3.8, 4) is 0 Å². The van der Waals surface area contributed by atoms with Crippen LogP contribution in [0.2, 0.25) is 0 Å². The summed E-state index contributed by atoms with van der Waals surface area (Å²) >= 11 is 0. The lowest BCUT2D eigenvalue weighted by Gasteiger charge is -2.23. The average Bonchev–Trinajstić information content (AvgIpc) is 2.95. The number of carbonyl (C=O) groups is 1. The molecule has 1 amide bonds. The zero-order valence-electron chi connectivity index (χ0n) is 10.7. The van der Waals surface area contributed by atoms with Crippen LogP contribution in [0.15, 0.2) is 0 Å². The second-order valence-electron chi connectivity index (χ2n) is 5.15. The zero-order chi connectivity index (χ0) is 11.7. The Bertz CT molecular complexity index is 267. The smallest absolute Gasteiger partial charge is 0.241 e. The molecule has 16 heavy (non-hydrogen) atoms. The predicted octanol–water partition coefficient (Wildman–Crippen LogP) is 2.12. The highest BCUT2D eigenvalue weighted by Crippen LogP contribution is 2.42. The number of amides is 1. The molecule has 0 spiro atoms. The molecule has 3 nitrogen and oxygen atoms in total. The van der Waals surface area contributed by atoms with E-state index >= 15 is 0 Å². The van der Waals surface area contributed by atoms with E-state index in [9.17, 15) is 4.79 Å². The highest BCUT2D eigenvalue weighted by Gasteiger charge is 2.49. The Balaban J connectivity index is 1.99. The van der Waals surface area contributed by atoms with E-state index in [1.165, 1.54) is 19.3 Å². The van der Waals surface area contributed by atoms with Gasteiger partial charge in [0, 0.05) is 6.04 Å². The summed E-state index contributed by atoms with van der Waals surface area (Å²) in [5, 5.41) is 3.45. The maximum absolute atomic E-state index is 12.2. The van der Waals surface area contributed by atoms with Crippen LogP contribution in [0.4, 0.5) is 0 Å². The lowest BCUT2D eigenvalue weighted by atomic mass is 10.2. The highest BCUT2D eigenvalue weighted by molar-refractivity contribution is 5.84. The van der Waals surface area contributed by atoms with Gasteiger partial charge in [-0.3, -0.25) is 10.1 Å². The molecule has 1 aliphatic carbocycles. The summed E-state index contributed by atoms with van der Waals surface area (Å²) in [7, 11) is 0. The minimum absolute atomic E-state index is 0.0767. The van der Waals surface area contributed by atoms with Crippen molar-refractivity contribution in [2.45, 2.75) is 71.1 Å². The standard InChI is InChI=1S/C13H24N2O/c1-4-7-9-8-11(9)15-12(6-3)14-10(5-2)13(15)16/h9-12,14H,4-8H2,1-3H3. The predicted molar refractivity (Wildman–Crippen MR) is 64.9 cm³/mol. The summed E-state index contributed by atoms with van der Waals surface area (Å²) in [6.07, 6.45) is 5.99. The van der Waals surface area contributed by atoms with Gasteiger partial charge in [-0.15, -0.1) is 0 Å². The Kier molecular flexibility index (Phi) is 3.53. The second-order valence-corrected chi connectivity index (χ2v) is 5.15. The van der Waals surface area contributed by atoms with Crippen molar-refractivity contribution in [1.29, 1.82) is 0 Å². The van der Waals surface area contributed by atoms with Crippen molar-refractivity contribution >= 4 is 5.91 Å². The van der Waals surface area contributed by atoms with Gasteiger partial charge in [-0.2, -0.15) is 0 Å². The normalized spacial score (nSPS) is 38.2. The van der Waals surface area contributed by atoms with E-state index in [0.29, 0.717) is 18.1 Å².